The Kier molecular flexibility index (Phi) is 10.8. The van der Waals surface area contributed by atoms with Gasteiger partial charge < -0.3 is 14.9 Å². The van der Waals surface area contributed by atoms with E-state index in [0.717, 1.165) is 29.5 Å². The number of rotatable bonds is 9. The lowest BCUT2D eigenvalue weighted by Gasteiger charge is -2.45. The fourth-order valence-corrected chi connectivity index (χ4v) is 7.94. The minimum absolute atomic E-state index is 0.00104. The maximum atomic E-state index is 14.2. The van der Waals surface area contributed by atoms with Gasteiger partial charge >= 0.3 is 0 Å². The molecule has 4 unspecified atom stereocenters. The third-order valence-corrected chi connectivity index (χ3v) is 11.0. The van der Waals surface area contributed by atoms with Crippen LogP contribution in [0.25, 0.3) is 0 Å². The van der Waals surface area contributed by atoms with Gasteiger partial charge in [0.1, 0.15) is 0 Å². The van der Waals surface area contributed by atoms with Gasteiger partial charge in [0.05, 0.1) is 18.0 Å². The molecule has 2 aromatic carbocycles. The highest BCUT2D eigenvalue weighted by atomic mass is 32.2. The molecular weight excluding hydrogens is 588 g/mol. The van der Waals surface area contributed by atoms with Crippen molar-refractivity contribution >= 4 is 15.8 Å². The van der Waals surface area contributed by atoms with Crippen LogP contribution in [0, 0.1) is 17.0 Å². The second-order valence-corrected chi connectivity index (χ2v) is 14.8. The molecular formula is C34H45F2NO6S. The lowest BCUT2D eigenvalue weighted by molar-refractivity contribution is -0.0726. The smallest absolute Gasteiger partial charge is 0.211 e. The van der Waals surface area contributed by atoms with Crippen LogP contribution in [0.3, 0.4) is 0 Å². The zero-order valence-corrected chi connectivity index (χ0v) is 26.9. The van der Waals surface area contributed by atoms with Crippen LogP contribution in [0.2, 0.25) is 0 Å². The van der Waals surface area contributed by atoms with E-state index in [2.05, 4.69) is 6.08 Å². The summed E-state index contributed by atoms with van der Waals surface area (Å²) in [6, 6.07) is 8.53. The molecule has 0 aliphatic heterocycles. The van der Waals surface area contributed by atoms with Crippen molar-refractivity contribution < 1.29 is 36.9 Å². The van der Waals surface area contributed by atoms with Crippen molar-refractivity contribution in [2.45, 2.75) is 82.8 Å². The Bertz CT molecular complexity index is 1490. The Balaban J connectivity index is 1.84. The molecule has 5 rings (SSSR count). The summed E-state index contributed by atoms with van der Waals surface area (Å²) in [5.41, 5.74) is 0.584. The summed E-state index contributed by atoms with van der Waals surface area (Å²) in [5.74, 6) is -2.99. The van der Waals surface area contributed by atoms with Crippen molar-refractivity contribution in [2.75, 3.05) is 33.1 Å². The van der Waals surface area contributed by atoms with Gasteiger partial charge in [0.15, 0.2) is 17.4 Å². The number of allylic oxidation sites excluding steroid dienone is 2. The number of benzene rings is 2. The zero-order valence-electron chi connectivity index (χ0n) is 26.1. The summed E-state index contributed by atoms with van der Waals surface area (Å²) in [5, 5.41) is 23.2. The fraction of sp³-hybridized carbons (Fsp3) is 0.559. The molecule has 2 aromatic rings. The monoisotopic (exact) mass is 633 g/mol. The summed E-state index contributed by atoms with van der Waals surface area (Å²) in [4.78, 5) is 14.0. The highest BCUT2D eigenvalue weighted by Gasteiger charge is 2.57. The van der Waals surface area contributed by atoms with Crippen LogP contribution in [0.5, 0.6) is 0 Å². The Labute approximate surface area is 260 Å². The van der Waals surface area contributed by atoms with Gasteiger partial charge in [-0.3, -0.25) is 4.79 Å². The number of ether oxygens (including phenoxy) is 1. The van der Waals surface area contributed by atoms with E-state index in [1.54, 1.807) is 13.2 Å². The third-order valence-electron chi connectivity index (χ3n) is 9.76. The Morgan fingerprint density at radius 1 is 1.11 bits per heavy atom. The minimum atomic E-state index is -3.65. The van der Waals surface area contributed by atoms with Crippen LogP contribution in [0.1, 0.15) is 91.8 Å². The van der Waals surface area contributed by atoms with E-state index in [1.807, 2.05) is 26.0 Å². The third kappa shape index (κ3) is 7.48. The van der Waals surface area contributed by atoms with Crippen LogP contribution < -0.4 is 0 Å². The van der Waals surface area contributed by atoms with Crippen molar-refractivity contribution in [3.8, 4) is 0 Å². The first kappa shape index (κ1) is 34.4. The first-order valence-corrected chi connectivity index (χ1v) is 17.2. The SMILES string of the molecule is COCCCN(CC1(O)CCC2c3ccc(cc3C(=O)c3ccc(F)c(F)c3)CC(O)CCC(C)=CCCC21C)S(C)(=O)=O. The van der Waals surface area contributed by atoms with Gasteiger partial charge in [0, 0.05) is 43.3 Å². The molecule has 0 aromatic heterocycles. The topological polar surface area (TPSA) is 104 Å². The standard InChI is InChI=1S/C34H45F2NO6S/c1-23-7-5-15-33(2)29(14-16-34(33,40)22-37(44(4,41)42)17-6-18-43-3)27-12-9-24(19-26(38)11-8-23)20-28(27)32(39)25-10-13-30(35)31(36)21-25/h7,9-10,12-13,20-21,26,29,38,40H,5-6,8,11,14-19,22H2,1-4H3. The molecule has 7 nitrogen and oxygen atoms in total. The number of hydrogen-bond acceptors (Lipinski definition) is 6. The van der Waals surface area contributed by atoms with Gasteiger partial charge in [-0.2, -0.15) is 4.31 Å². The number of methoxy groups -OCH3 is 1. The number of fused-ring (bicyclic) bond motifs is 8. The number of aliphatic hydroxyl groups excluding tert-OH is 1. The average molecular weight is 634 g/mol. The minimum Gasteiger partial charge on any atom is -0.393 e. The van der Waals surface area contributed by atoms with Crippen LogP contribution in [-0.4, -0.2) is 73.5 Å². The van der Waals surface area contributed by atoms with Crippen molar-refractivity contribution in [3.05, 3.63) is 81.9 Å². The van der Waals surface area contributed by atoms with Crippen molar-refractivity contribution in [1.29, 1.82) is 0 Å². The van der Waals surface area contributed by atoms with E-state index >= 15 is 0 Å². The lowest BCUT2D eigenvalue weighted by atomic mass is 9.64. The van der Waals surface area contributed by atoms with Gasteiger partial charge in [-0.1, -0.05) is 30.7 Å². The van der Waals surface area contributed by atoms with Crippen LogP contribution in [0.4, 0.5) is 8.78 Å². The molecule has 242 valence electrons. The number of sulfonamides is 1. The molecule has 4 atom stereocenters. The molecule has 0 heterocycles. The molecule has 0 amide bonds. The number of aliphatic hydroxyl groups is 2. The summed E-state index contributed by atoms with van der Waals surface area (Å²) < 4.78 is 60.2. The van der Waals surface area contributed by atoms with E-state index in [4.69, 9.17) is 4.74 Å². The number of carbonyl (C=O) groups excluding carboxylic acids is 1. The maximum absolute atomic E-state index is 14.2. The largest absolute Gasteiger partial charge is 0.393 e. The van der Waals surface area contributed by atoms with Gasteiger partial charge in [-0.05, 0) is 99.6 Å². The second kappa shape index (κ2) is 13.9. The average Bonchev–Trinajstić information content (AvgIpc) is 3.21. The van der Waals surface area contributed by atoms with Crippen LogP contribution >= 0.6 is 0 Å². The van der Waals surface area contributed by atoms with Gasteiger partial charge in [-0.15, -0.1) is 0 Å². The fourth-order valence-electron chi connectivity index (χ4n) is 7.03. The highest BCUT2D eigenvalue weighted by Crippen LogP contribution is 2.59. The summed E-state index contributed by atoms with van der Waals surface area (Å²) in [6.07, 6.45) is 6.58. The van der Waals surface area contributed by atoms with Crippen LogP contribution in [0.15, 0.2) is 48.0 Å². The molecule has 2 bridgehead atoms. The predicted molar refractivity (Wildman–Crippen MR) is 166 cm³/mol. The van der Waals surface area contributed by atoms with Crippen molar-refractivity contribution in [1.82, 2.24) is 4.31 Å². The molecule has 0 radical (unpaired) electrons. The van der Waals surface area contributed by atoms with Crippen LogP contribution in [-0.2, 0) is 21.2 Å². The quantitative estimate of drug-likeness (QED) is 0.214. The number of nitrogens with zero attached hydrogens (tertiary/aromatic N) is 1. The van der Waals surface area contributed by atoms with E-state index in [-0.39, 0.29) is 24.6 Å². The zero-order chi connectivity index (χ0) is 32.3. The normalized spacial score (nSPS) is 26.3. The molecule has 0 spiro atoms. The van der Waals surface area contributed by atoms with Gasteiger partial charge in [0.25, 0.3) is 0 Å². The first-order valence-electron chi connectivity index (χ1n) is 15.3. The maximum Gasteiger partial charge on any atom is 0.211 e. The van der Waals surface area contributed by atoms with Crippen molar-refractivity contribution in [2.24, 2.45) is 5.41 Å². The number of hydrogen-bond donors (Lipinski definition) is 2. The van der Waals surface area contributed by atoms with Gasteiger partial charge in [-0.25, -0.2) is 17.2 Å². The summed E-state index contributed by atoms with van der Waals surface area (Å²) >= 11 is 0. The van der Waals surface area contributed by atoms with Gasteiger partial charge in [0.2, 0.25) is 10.0 Å². The molecule has 1 saturated carbocycles. The molecule has 1 fully saturated rings. The summed E-state index contributed by atoms with van der Waals surface area (Å²) in [6.45, 7) is 4.48. The molecule has 3 aliphatic rings. The van der Waals surface area contributed by atoms with Crippen molar-refractivity contribution in [3.63, 3.8) is 0 Å². The molecule has 44 heavy (non-hydrogen) atoms. The second-order valence-electron chi connectivity index (χ2n) is 12.8. The molecule has 3 aliphatic carbocycles. The number of carbonyl (C=O) groups is 1. The number of halogens is 2. The first-order chi connectivity index (χ1) is 20.7. The Morgan fingerprint density at radius 3 is 2.55 bits per heavy atom. The highest BCUT2D eigenvalue weighted by molar-refractivity contribution is 7.88. The number of ketones is 1. The molecule has 2 N–H and O–H groups in total. The summed E-state index contributed by atoms with van der Waals surface area (Å²) in [7, 11) is -2.10. The molecule has 0 saturated heterocycles. The lowest BCUT2D eigenvalue weighted by Crippen LogP contribution is -2.53. The molecule has 10 heteroatoms. The van der Waals surface area contributed by atoms with E-state index in [1.165, 1.54) is 10.4 Å². The van der Waals surface area contributed by atoms with E-state index in [0.29, 0.717) is 69.1 Å². The van der Waals surface area contributed by atoms with E-state index in [9.17, 15) is 32.2 Å². The predicted octanol–water partition coefficient (Wildman–Crippen LogP) is 5.53. The Hall–Kier alpha value is -2.50. The van der Waals surface area contributed by atoms with E-state index < -0.39 is 44.6 Å². The Morgan fingerprint density at radius 2 is 1.86 bits per heavy atom.